The normalized spacial score (nSPS) is 10.7. The summed E-state index contributed by atoms with van der Waals surface area (Å²) in [5.41, 5.74) is 1.51. The maximum absolute atomic E-state index is 10.5. The summed E-state index contributed by atoms with van der Waals surface area (Å²) in [5, 5.41) is 0.658. The van der Waals surface area contributed by atoms with Gasteiger partial charge in [-0.3, -0.25) is 4.79 Å². The number of halogens is 1. The molecule has 1 aromatic rings. The van der Waals surface area contributed by atoms with Crippen LogP contribution in [0.15, 0.2) is 24.3 Å². The Labute approximate surface area is 94.2 Å². The monoisotopic (exact) mass is 226 g/mol. The van der Waals surface area contributed by atoms with E-state index in [1.54, 1.807) is 18.2 Å². The van der Waals surface area contributed by atoms with Gasteiger partial charge >= 0.3 is 0 Å². The van der Waals surface area contributed by atoms with Gasteiger partial charge in [-0.2, -0.15) is 12.6 Å². The Balaban J connectivity index is 2.89. The molecule has 0 saturated heterocycles. The van der Waals surface area contributed by atoms with E-state index < -0.39 is 0 Å². The molecule has 0 atom stereocenters. The first-order valence-corrected chi connectivity index (χ1v) is 5.31. The highest BCUT2D eigenvalue weighted by atomic mass is 35.5. The molecule has 0 bridgehead atoms. The molecule has 0 N–H and O–H groups in total. The van der Waals surface area contributed by atoms with Gasteiger partial charge in [0, 0.05) is 10.6 Å². The van der Waals surface area contributed by atoms with E-state index in [0.29, 0.717) is 10.6 Å². The average Bonchev–Trinajstić information content (AvgIpc) is 2.21. The van der Waals surface area contributed by atoms with Crippen molar-refractivity contribution in [2.75, 3.05) is 5.75 Å². The van der Waals surface area contributed by atoms with Crippen LogP contribution in [0.2, 0.25) is 5.02 Å². The quantitative estimate of drug-likeness (QED) is 0.615. The van der Waals surface area contributed by atoms with E-state index >= 15 is 0 Å². The first kappa shape index (κ1) is 11.3. The zero-order valence-corrected chi connectivity index (χ0v) is 9.26. The number of hydrogen-bond donors (Lipinski definition) is 1. The highest BCUT2D eigenvalue weighted by Gasteiger charge is 1.97. The van der Waals surface area contributed by atoms with Crippen LogP contribution in [0.3, 0.4) is 0 Å². The summed E-state index contributed by atoms with van der Waals surface area (Å²) in [6.07, 6.45) is 5.60. The fourth-order valence-electron chi connectivity index (χ4n) is 1.05. The molecule has 0 unspecified atom stereocenters. The van der Waals surface area contributed by atoms with Gasteiger partial charge in [0.2, 0.25) is 0 Å². The maximum atomic E-state index is 10.5. The standard InChI is InChI=1S/C11H11ClOS/c12-11-5-4-9(8-13)7-10(11)3-1-2-6-14/h1,3-5,7-8,14H,2,6H2. The third-order valence-electron chi connectivity index (χ3n) is 1.75. The minimum absolute atomic E-state index is 0.639. The van der Waals surface area contributed by atoms with Crippen molar-refractivity contribution >= 4 is 36.6 Å². The summed E-state index contributed by atoms with van der Waals surface area (Å²) in [4.78, 5) is 10.5. The third-order valence-corrected chi connectivity index (χ3v) is 2.35. The first-order valence-electron chi connectivity index (χ1n) is 4.30. The summed E-state index contributed by atoms with van der Waals surface area (Å²) < 4.78 is 0. The number of aldehydes is 1. The van der Waals surface area contributed by atoms with E-state index in [1.165, 1.54) is 0 Å². The summed E-state index contributed by atoms with van der Waals surface area (Å²) in [5.74, 6) is 0.807. The molecule has 0 radical (unpaired) electrons. The lowest BCUT2D eigenvalue weighted by Gasteiger charge is -1.98. The van der Waals surface area contributed by atoms with Crippen molar-refractivity contribution in [2.45, 2.75) is 6.42 Å². The van der Waals surface area contributed by atoms with Gasteiger partial charge in [-0.1, -0.05) is 29.8 Å². The van der Waals surface area contributed by atoms with E-state index in [-0.39, 0.29) is 0 Å². The van der Waals surface area contributed by atoms with Gasteiger partial charge in [0.25, 0.3) is 0 Å². The summed E-state index contributed by atoms with van der Waals surface area (Å²) in [6.45, 7) is 0. The molecular formula is C11H11ClOS. The third kappa shape index (κ3) is 3.20. The second kappa shape index (κ2) is 5.89. The van der Waals surface area contributed by atoms with Crippen molar-refractivity contribution in [2.24, 2.45) is 0 Å². The molecule has 14 heavy (non-hydrogen) atoms. The lowest BCUT2D eigenvalue weighted by Crippen LogP contribution is -1.82. The van der Waals surface area contributed by atoms with Gasteiger partial charge in [0.15, 0.2) is 0 Å². The molecule has 74 valence electrons. The van der Waals surface area contributed by atoms with Crippen LogP contribution >= 0.6 is 24.2 Å². The Bertz CT molecular complexity index is 347. The van der Waals surface area contributed by atoms with E-state index in [1.807, 2.05) is 12.2 Å². The molecule has 1 nitrogen and oxygen atoms in total. The van der Waals surface area contributed by atoms with Crippen molar-refractivity contribution in [1.82, 2.24) is 0 Å². The average molecular weight is 227 g/mol. The van der Waals surface area contributed by atoms with Gasteiger partial charge in [-0.05, 0) is 29.9 Å². The number of rotatable bonds is 4. The minimum Gasteiger partial charge on any atom is -0.298 e. The summed E-state index contributed by atoms with van der Waals surface area (Å²) in [7, 11) is 0. The number of carbonyl (C=O) groups is 1. The van der Waals surface area contributed by atoms with E-state index in [4.69, 9.17) is 11.6 Å². The van der Waals surface area contributed by atoms with Crippen LogP contribution in [-0.2, 0) is 0 Å². The Morgan fingerprint density at radius 1 is 1.43 bits per heavy atom. The lowest BCUT2D eigenvalue weighted by atomic mass is 10.1. The molecular weight excluding hydrogens is 216 g/mol. The van der Waals surface area contributed by atoms with E-state index in [2.05, 4.69) is 12.6 Å². The van der Waals surface area contributed by atoms with Crippen molar-refractivity contribution in [3.8, 4) is 0 Å². The van der Waals surface area contributed by atoms with Gasteiger partial charge < -0.3 is 0 Å². The number of allylic oxidation sites excluding steroid dienone is 1. The molecule has 0 amide bonds. The van der Waals surface area contributed by atoms with Gasteiger partial charge in [-0.25, -0.2) is 0 Å². The van der Waals surface area contributed by atoms with Crippen LogP contribution in [0.4, 0.5) is 0 Å². The smallest absolute Gasteiger partial charge is 0.150 e. The van der Waals surface area contributed by atoms with Gasteiger partial charge in [0.05, 0.1) is 0 Å². The van der Waals surface area contributed by atoms with Crippen LogP contribution in [0.5, 0.6) is 0 Å². The van der Waals surface area contributed by atoms with Crippen LogP contribution < -0.4 is 0 Å². The molecule has 0 saturated carbocycles. The zero-order chi connectivity index (χ0) is 10.4. The molecule has 3 heteroatoms. The fraction of sp³-hybridized carbons (Fsp3) is 0.182. The fourth-order valence-corrected chi connectivity index (χ4v) is 1.38. The van der Waals surface area contributed by atoms with Crippen LogP contribution in [0, 0.1) is 0 Å². The molecule has 0 aromatic heterocycles. The molecule has 0 aliphatic carbocycles. The van der Waals surface area contributed by atoms with Crippen molar-refractivity contribution in [3.05, 3.63) is 40.4 Å². The second-order valence-corrected chi connectivity index (χ2v) is 3.67. The van der Waals surface area contributed by atoms with Crippen LogP contribution in [-0.4, -0.2) is 12.0 Å². The number of carbonyl (C=O) groups excluding carboxylic acids is 1. The molecule has 0 aliphatic rings. The molecule has 0 spiro atoms. The second-order valence-electron chi connectivity index (χ2n) is 2.81. The van der Waals surface area contributed by atoms with E-state index in [0.717, 1.165) is 24.0 Å². The molecule has 0 aliphatic heterocycles. The van der Waals surface area contributed by atoms with Gasteiger partial charge in [-0.15, -0.1) is 0 Å². The number of hydrogen-bond acceptors (Lipinski definition) is 2. The Kier molecular flexibility index (Phi) is 4.77. The predicted molar refractivity (Wildman–Crippen MR) is 64.3 cm³/mol. The van der Waals surface area contributed by atoms with Crippen LogP contribution in [0.1, 0.15) is 22.3 Å². The number of benzene rings is 1. The molecule has 0 heterocycles. The van der Waals surface area contributed by atoms with Crippen molar-refractivity contribution < 1.29 is 4.79 Å². The van der Waals surface area contributed by atoms with Gasteiger partial charge in [0.1, 0.15) is 6.29 Å². The maximum Gasteiger partial charge on any atom is 0.150 e. The Morgan fingerprint density at radius 2 is 2.21 bits per heavy atom. The molecule has 0 fully saturated rings. The molecule has 1 rings (SSSR count). The largest absolute Gasteiger partial charge is 0.298 e. The van der Waals surface area contributed by atoms with Crippen molar-refractivity contribution in [1.29, 1.82) is 0 Å². The lowest BCUT2D eigenvalue weighted by molar-refractivity contribution is 0.112. The van der Waals surface area contributed by atoms with Crippen molar-refractivity contribution in [3.63, 3.8) is 0 Å². The van der Waals surface area contributed by atoms with E-state index in [9.17, 15) is 4.79 Å². The first-order chi connectivity index (χ1) is 6.77. The zero-order valence-electron chi connectivity index (χ0n) is 7.61. The minimum atomic E-state index is 0.639. The summed E-state index contributed by atoms with van der Waals surface area (Å²) >= 11 is 10.0. The summed E-state index contributed by atoms with van der Waals surface area (Å²) in [6, 6.07) is 5.20. The predicted octanol–water partition coefficient (Wildman–Crippen LogP) is 3.49. The highest BCUT2D eigenvalue weighted by molar-refractivity contribution is 7.80. The SMILES string of the molecule is O=Cc1ccc(Cl)c(C=CCCS)c1. The van der Waals surface area contributed by atoms with Crippen LogP contribution in [0.25, 0.3) is 6.08 Å². The molecule has 1 aromatic carbocycles. The Hall–Kier alpha value is -0.730. The Morgan fingerprint density at radius 3 is 2.86 bits per heavy atom. The highest BCUT2D eigenvalue weighted by Crippen LogP contribution is 2.18. The number of thiol groups is 1. The topological polar surface area (TPSA) is 17.1 Å².